The Bertz CT molecular complexity index is 1350. The number of nitrogens with one attached hydrogen (secondary N) is 1. The normalized spacial score (nSPS) is 12.2. The van der Waals surface area contributed by atoms with Crippen LogP contribution in [0.1, 0.15) is 11.3 Å². The first-order valence-electron chi connectivity index (χ1n) is 10.1. The van der Waals surface area contributed by atoms with Crippen molar-refractivity contribution in [2.75, 3.05) is 11.9 Å². The average molecular weight is 439 g/mol. The first kappa shape index (κ1) is 21.4. The molecule has 168 valence electrons. The number of benzene rings is 1. The van der Waals surface area contributed by atoms with Crippen LogP contribution in [0.15, 0.2) is 56.7 Å². The van der Waals surface area contributed by atoms with Crippen molar-refractivity contribution in [2.24, 2.45) is 14.1 Å². The van der Waals surface area contributed by atoms with E-state index in [1.165, 1.54) is 11.6 Å². The van der Waals surface area contributed by atoms with Crippen molar-refractivity contribution in [3.05, 3.63) is 74.8 Å². The summed E-state index contributed by atoms with van der Waals surface area (Å²) in [6, 6.07) is 11.1. The number of aliphatic hydroxyl groups excluding tert-OH is 1. The number of furan rings is 1. The van der Waals surface area contributed by atoms with Crippen LogP contribution in [0.25, 0.3) is 11.2 Å². The number of aromatic nitrogens is 4. The Morgan fingerprint density at radius 1 is 1.19 bits per heavy atom. The highest BCUT2D eigenvalue weighted by atomic mass is 16.5. The number of imidazole rings is 1. The summed E-state index contributed by atoms with van der Waals surface area (Å²) >= 11 is 0. The molecule has 4 aromatic rings. The number of rotatable bonds is 8. The third kappa shape index (κ3) is 4.17. The van der Waals surface area contributed by atoms with Crippen molar-refractivity contribution in [3.63, 3.8) is 0 Å². The largest absolute Gasteiger partial charge is 0.491 e. The summed E-state index contributed by atoms with van der Waals surface area (Å²) in [6.45, 7) is 2.33. The Balaban J connectivity index is 1.66. The van der Waals surface area contributed by atoms with E-state index in [0.717, 1.165) is 10.1 Å². The van der Waals surface area contributed by atoms with Crippen molar-refractivity contribution >= 4 is 17.1 Å². The zero-order valence-corrected chi connectivity index (χ0v) is 18.1. The minimum absolute atomic E-state index is 0.0207. The highest BCUT2D eigenvalue weighted by Crippen LogP contribution is 2.18. The number of hydrogen-bond donors (Lipinski definition) is 2. The molecule has 2 N–H and O–H groups in total. The first-order chi connectivity index (χ1) is 15.3. The molecule has 0 fully saturated rings. The maximum Gasteiger partial charge on any atom is 0.332 e. The van der Waals surface area contributed by atoms with E-state index in [1.807, 2.05) is 31.2 Å². The van der Waals surface area contributed by atoms with Gasteiger partial charge in [0.2, 0.25) is 5.95 Å². The third-order valence-corrected chi connectivity index (χ3v) is 5.17. The van der Waals surface area contributed by atoms with E-state index in [9.17, 15) is 14.7 Å². The number of anilines is 1. The van der Waals surface area contributed by atoms with Crippen molar-refractivity contribution in [2.45, 2.75) is 26.1 Å². The lowest BCUT2D eigenvalue weighted by Gasteiger charge is -2.16. The molecule has 0 saturated heterocycles. The second-order valence-corrected chi connectivity index (χ2v) is 7.64. The molecule has 3 heterocycles. The second kappa shape index (κ2) is 8.75. The van der Waals surface area contributed by atoms with Gasteiger partial charge in [-0.2, -0.15) is 4.98 Å². The highest BCUT2D eigenvalue weighted by Gasteiger charge is 2.21. The predicted molar refractivity (Wildman–Crippen MR) is 119 cm³/mol. The molecule has 1 aromatic carbocycles. The summed E-state index contributed by atoms with van der Waals surface area (Å²) in [5.41, 5.74) is 0.519. The molecule has 3 aromatic heterocycles. The quantitative estimate of drug-likeness (QED) is 0.426. The van der Waals surface area contributed by atoms with Gasteiger partial charge < -0.3 is 24.1 Å². The molecular weight excluding hydrogens is 414 g/mol. The van der Waals surface area contributed by atoms with Gasteiger partial charge in [0, 0.05) is 14.1 Å². The molecule has 10 heteroatoms. The molecule has 0 amide bonds. The highest BCUT2D eigenvalue weighted by molar-refractivity contribution is 5.74. The van der Waals surface area contributed by atoms with E-state index < -0.39 is 17.4 Å². The van der Waals surface area contributed by atoms with Crippen LogP contribution >= 0.6 is 0 Å². The molecule has 0 bridgehead atoms. The molecule has 0 spiro atoms. The van der Waals surface area contributed by atoms with Gasteiger partial charge in [-0.05, 0) is 36.8 Å². The van der Waals surface area contributed by atoms with E-state index in [1.54, 1.807) is 30.0 Å². The van der Waals surface area contributed by atoms with Gasteiger partial charge >= 0.3 is 5.69 Å². The Morgan fingerprint density at radius 2 is 2.00 bits per heavy atom. The monoisotopic (exact) mass is 439 g/mol. The fourth-order valence-electron chi connectivity index (χ4n) is 3.50. The summed E-state index contributed by atoms with van der Waals surface area (Å²) in [4.78, 5) is 29.7. The van der Waals surface area contributed by atoms with Crippen molar-refractivity contribution in [1.82, 2.24) is 18.7 Å². The van der Waals surface area contributed by atoms with Gasteiger partial charge in [0.15, 0.2) is 11.2 Å². The smallest absolute Gasteiger partial charge is 0.332 e. The number of aryl methyl sites for hydroxylation is 2. The standard InChI is InChI=1S/C22H25N5O5/c1-14-6-4-7-16(10-14)32-13-15(28)12-27-18-19(25(2)22(30)26(3)20(18)29)24-21(27)23-11-17-8-5-9-31-17/h4-10,15,28H,11-13H2,1-3H3,(H,23,24). The molecule has 0 aliphatic carbocycles. The first-order valence-corrected chi connectivity index (χ1v) is 10.1. The Hall–Kier alpha value is -3.79. The van der Waals surface area contributed by atoms with Crippen LogP contribution in [0.3, 0.4) is 0 Å². The lowest BCUT2D eigenvalue weighted by atomic mass is 10.2. The van der Waals surface area contributed by atoms with E-state index in [0.29, 0.717) is 24.0 Å². The average Bonchev–Trinajstić information content (AvgIpc) is 3.41. The van der Waals surface area contributed by atoms with Crippen LogP contribution in [0.2, 0.25) is 0 Å². The van der Waals surface area contributed by atoms with Gasteiger partial charge in [-0.15, -0.1) is 0 Å². The van der Waals surface area contributed by atoms with Crippen LogP contribution < -0.4 is 21.3 Å². The minimum Gasteiger partial charge on any atom is -0.491 e. The number of nitrogens with zero attached hydrogens (tertiary/aromatic N) is 4. The summed E-state index contributed by atoms with van der Waals surface area (Å²) in [5, 5.41) is 13.8. The summed E-state index contributed by atoms with van der Waals surface area (Å²) in [7, 11) is 2.96. The van der Waals surface area contributed by atoms with Crippen molar-refractivity contribution in [1.29, 1.82) is 0 Å². The summed E-state index contributed by atoms with van der Waals surface area (Å²) in [6.07, 6.45) is 0.630. The zero-order valence-electron chi connectivity index (χ0n) is 18.1. The molecule has 0 saturated carbocycles. The van der Waals surface area contributed by atoms with Gasteiger partial charge in [0.25, 0.3) is 5.56 Å². The molecule has 10 nitrogen and oxygen atoms in total. The van der Waals surface area contributed by atoms with Crippen LogP contribution in [0, 0.1) is 6.92 Å². The molecule has 1 atom stereocenters. The van der Waals surface area contributed by atoms with E-state index in [4.69, 9.17) is 9.15 Å². The van der Waals surface area contributed by atoms with E-state index in [2.05, 4.69) is 10.3 Å². The maximum absolute atomic E-state index is 12.9. The summed E-state index contributed by atoms with van der Waals surface area (Å²) in [5.74, 6) is 1.66. The zero-order chi connectivity index (χ0) is 22.8. The van der Waals surface area contributed by atoms with Crippen LogP contribution in [-0.4, -0.2) is 36.5 Å². The topological polar surface area (TPSA) is 116 Å². The molecule has 4 rings (SSSR count). The molecule has 32 heavy (non-hydrogen) atoms. The SMILES string of the molecule is Cc1cccc(OCC(O)Cn2c(NCc3ccco3)nc3c2c(=O)n(C)c(=O)n3C)c1. The molecule has 0 aliphatic rings. The van der Waals surface area contributed by atoms with Gasteiger partial charge in [-0.3, -0.25) is 13.9 Å². The van der Waals surface area contributed by atoms with Gasteiger partial charge in [-0.1, -0.05) is 12.1 Å². The van der Waals surface area contributed by atoms with Crippen LogP contribution in [0.5, 0.6) is 5.75 Å². The Labute approximate surface area is 183 Å². The van der Waals surface area contributed by atoms with Gasteiger partial charge in [-0.25, -0.2) is 4.79 Å². The minimum atomic E-state index is -0.931. The number of fused-ring (bicyclic) bond motifs is 1. The third-order valence-electron chi connectivity index (χ3n) is 5.17. The van der Waals surface area contributed by atoms with E-state index >= 15 is 0 Å². The Kier molecular flexibility index (Phi) is 5.87. The van der Waals surface area contributed by atoms with Crippen LogP contribution in [-0.2, 0) is 27.2 Å². The van der Waals surface area contributed by atoms with Gasteiger partial charge in [0.05, 0.1) is 19.4 Å². The molecule has 0 aliphatic heterocycles. The van der Waals surface area contributed by atoms with Crippen molar-refractivity contribution < 1.29 is 14.3 Å². The lowest BCUT2D eigenvalue weighted by molar-refractivity contribution is 0.0938. The predicted octanol–water partition coefficient (Wildman–Crippen LogP) is 1.39. The summed E-state index contributed by atoms with van der Waals surface area (Å²) < 4.78 is 15.0. The number of hydrogen-bond acceptors (Lipinski definition) is 7. The molecule has 1 unspecified atom stereocenters. The Morgan fingerprint density at radius 3 is 2.72 bits per heavy atom. The second-order valence-electron chi connectivity index (χ2n) is 7.64. The van der Waals surface area contributed by atoms with Gasteiger partial charge in [0.1, 0.15) is 24.2 Å². The number of aliphatic hydroxyl groups is 1. The van der Waals surface area contributed by atoms with Crippen molar-refractivity contribution in [3.8, 4) is 5.75 Å². The molecule has 0 radical (unpaired) electrons. The fraction of sp³-hybridized carbons (Fsp3) is 0.318. The molecular formula is C22H25N5O5. The fourth-order valence-corrected chi connectivity index (χ4v) is 3.50. The number of ether oxygens (including phenoxy) is 1. The van der Waals surface area contributed by atoms with Crippen LogP contribution in [0.4, 0.5) is 5.95 Å². The lowest BCUT2D eigenvalue weighted by Crippen LogP contribution is -2.38. The maximum atomic E-state index is 12.9. The van der Waals surface area contributed by atoms with E-state index in [-0.39, 0.29) is 24.3 Å².